The summed E-state index contributed by atoms with van der Waals surface area (Å²) in [5.74, 6) is -1.46. The second-order valence-corrected chi connectivity index (χ2v) is 7.21. The molecule has 3 rings (SSSR count). The van der Waals surface area contributed by atoms with Crippen LogP contribution in [0, 0.1) is 0 Å². The third-order valence-corrected chi connectivity index (χ3v) is 4.93. The molecule has 0 aromatic heterocycles. The third-order valence-electron chi connectivity index (χ3n) is 4.93. The van der Waals surface area contributed by atoms with Crippen molar-refractivity contribution in [2.75, 3.05) is 36.6 Å². The molecule has 2 atom stereocenters. The molecular formula is C23H27N3O7. The fourth-order valence-corrected chi connectivity index (χ4v) is 3.25. The molecule has 0 saturated carbocycles. The predicted octanol–water partition coefficient (Wildman–Crippen LogP) is 0.819. The summed E-state index contributed by atoms with van der Waals surface area (Å²) in [6, 6.07) is 13.4. The second kappa shape index (κ2) is 11.4. The maximum absolute atomic E-state index is 13.0. The maximum atomic E-state index is 13.0. The number of morpholine rings is 1. The van der Waals surface area contributed by atoms with Crippen LogP contribution in [0.2, 0.25) is 0 Å². The molecule has 0 unspecified atom stereocenters. The van der Waals surface area contributed by atoms with Gasteiger partial charge in [0, 0.05) is 30.5 Å². The van der Waals surface area contributed by atoms with Crippen molar-refractivity contribution in [1.82, 2.24) is 0 Å². The second-order valence-electron chi connectivity index (χ2n) is 7.21. The number of anilines is 2. The molecule has 0 spiro atoms. The lowest BCUT2D eigenvalue weighted by Crippen LogP contribution is -2.55. The third kappa shape index (κ3) is 6.28. The average molecular weight is 457 g/mol. The van der Waals surface area contributed by atoms with Crippen LogP contribution >= 0.6 is 0 Å². The molecule has 1 aliphatic rings. The first-order chi connectivity index (χ1) is 15.9. The highest BCUT2D eigenvalue weighted by atomic mass is 16.6. The Balaban J connectivity index is 1.65. The SMILES string of the molecule is CCOC(=O)COc1cccc(N2CCO[C@H]([C@@H](O)C(=O)Nc3ccc(CN)cc3)C2=O)c1. The Morgan fingerprint density at radius 3 is 2.73 bits per heavy atom. The minimum atomic E-state index is -1.71. The van der Waals surface area contributed by atoms with Gasteiger partial charge in [-0.1, -0.05) is 18.2 Å². The quantitative estimate of drug-likeness (QED) is 0.470. The van der Waals surface area contributed by atoms with Crippen LogP contribution in [0.1, 0.15) is 12.5 Å². The average Bonchev–Trinajstić information content (AvgIpc) is 2.83. The van der Waals surface area contributed by atoms with Crippen LogP contribution in [0.25, 0.3) is 0 Å². The summed E-state index contributed by atoms with van der Waals surface area (Å²) in [6.07, 6.45) is -3.08. The van der Waals surface area contributed by atoms with E-state index in [0.29, 0.717) is 23.7 Å². The maximum Gasteiger partial charge on any atom is 0.344 e. The van der Waals surface area contributed by atoms with E-state index in [1.54, 1.807) is 55.5 Å². The van der Waals surface area contributed by atoms with E-state index in [1.165, 1.54) is 4.90 Å². The van der Waals surface area contributed by atoms with Crippen molar-refractivity contribution in [2.24, 2.45) is 5.73 Å². The Labute approximate surface area is 191 Å². The number of hydrogen-bond donors (Lipinski definition) is 3. The minimum Gasteiger partial charge on any atom is -0.482 e. The topological polar surface area (TPSA) is 140 Å². The zero-order valence-electron chi connectivity index (χ0n) is 18.2. The number of hydrogen-bond acceptors (Lipinski definition) is 8. The zero-order chi connectivity index (χ0) is 23.8. The van der Waals surface area contributed by atoms with Crippen LogP contribution in [0.3, 0.4) is 0 Å². The molecule has 1 aliphatic heterocycles. The van der Waals surface area contributed by atoms with Gasteiger partial charge in [-0.15, -0.1) is 0 Å². The van der Waals surface area contributed by atoms with Crippen LogP contribution in [-0.4, -0.2) is 61.5 Å². The van der Waals surface area contributed by atoms with Crippen molar-refractivity contribution in [3.8, 4) is 5.75 Å². The van der Waals surface area contributed by atoms with Crippen molar-refractivity contribution < 1.29 is 33.7 Å². The normalized spacial score (nSPS) is 16.8. The number of nitrogens with two attached hydrogens (primary N) is 1. The molecule has 0 aliphatic carbocycles. The van der Waals surface area contributed by atoms with Crippen molar-refractivity contribution in [1.29, 1.82) is 0 Å². The number of nitrogens with one attached hydrogen (secondary N) is 1. The summed E-state index contributed by atoms with van der Waals surface area (Å²) >= 11 is 0. The van der Waals surface area contributed by atoms with Crippen LogP contribution in [0.15, 0.2) is 48.5 Å². The van der Waals surface area contributed by atoms with Crippen LogP contribution in [0.5, 0.6) is 5.75 Å². The van der Waals surface area contributed by atoms with E-state index in [4.69, 9.17) is 19.9 Å². The molecule has 10 nitrogen and oxygen atoms in total. The summed E-state index contributed by atoms with van der Waals surface area (Å²) in [6.45, 7) is 2.41. The number of ether oxygens (including phenoxy) is 3. The number of aliphatic hydroxyl groups is 1. The molecule has 2 aromatic rings. The van der Waals surface area contributed by atoms with E-state index >= 15 is 0 Å². The fraction of sp³-hybridized carbons (Fsp3) is 0.348. The van der Waals surface area contributed by atoms with E-state index in [2.05, 4.69) is 5.32 Å². The van der Waals surface area contributed by atoms with Gasteiger partial charge in [-0.2, -0.15) is 0 Å². The molecule has 1 saturated heterocycles. The number of rotatable bonds is 9. The van der Waals surface area contributed by atoms with Gasteiger partial charge in [0.2, 0.25) is 0 Å². The lowest BCUT2D eigenvalue weighted by Gasteiger charge is -2.34. The molecular weight excluding hydrogens is 430 g/mol. The molecule has 0 radical (unpaired) electrons. The number of benzene rings is 2. The van der Waals surface area contributed by atoms with Gasteiger partial charge >= 0.3 is 5.97 Å². The minimum absolute atomic E-state index is 0.125. The predicted molar refractivity (Wildman–Crippen MR) is 120 cm³/mol. The summed E-state index contributed by atoms with van der Waals surface area (Å²) < 4.78 is 15.7. The van der Waals surface area contributed by atoms with E-state index in [9.17, 15) is 19.5 Å². The largest absolute Gasteiger partial charge is 0.482 e. The number of nitrogens with zero attached hydrogens (tertiary/aromatic N) is 1. The fourth-order valence-electron chi connectivity index (χ4n) is 3.25. The molecule has 2 aromatic carbocycles. The van der Waals surface area contributed by atoms with Crippen molar-refractivity contribution in [3.05, 3.63) is 54.1 Å². The number of carbonyl (C=O) groups excluding carboxylic acids is 3. The number of esters is 1. The Kier molecular flexibility index (Phi) is 8.36. The Hall–Kier alpha value is -3.47. The Morgan fingerprint density at radius 1 is 1.27 bits per heavy atom. The van der Waals surface area contributed by atoms with Gasteiger partial charge < -0.3 is 35.3 Å². The lowest BCUT2D eigenvalue weighted by molar-refractivity contribution is -0.150. The van der Waals surface area contributed by atoms with Gasteiger partial charge in [0.25, 0.3) is 11.8 Å². The van der Waals surface area contributed by atoms with Crippen molar-refractivity contribution in [3.63, 3.8) is 0 Å². The Bertz CT molecular complexity index is 980. The standard InChI is InChI=1S/C23H27N3O7/c1-2-31-19(27)14-33-18-5-3-4-17(12-18)26-10-11-32-21(23(26)30)20(28)22(29)25-16-8-6-15(13-24)7-9-16/h3-9,12,20-21,28H,2,10-11,13-14,24H2,1H3,(H,25,29)/t20-,21-/m1/s1. The summed E-state index contributed by atoms with van der Waals surface area (Å²) in [4.78, 5) is 38.4. The van der Waals surface area contributed by atoms with Crippen LogP contribution in [0.4, 0.5) is 11.4 Å². The van der Waals surface area contributed by atoms with Crippen LogP contribution in [-0.2, 0) is 30.4 Å². The van der Waals surface area contributed by atoms with Gasteiger partial charge in [-0.3, -0.25) is 9.59 Å². The van der Waals surface area contributed by atoms with E-state index < -0.39 is 30.0 Å². The van der Waals surface area contributed by atoms with Crippen molar-refractivity contribution in [2.45, 2.75) is 25.7 Å². The lowest BCUT2D eigenvalue weighted by atomic mass is 10.1. The number of amides is 2. The highest BCUT2D eigenvalue weighted by Gasteiger charge is 2.39. The van der Waals surface area contributed by atoms with E-state index in [0.717, 1.165) is 5.56 Å². The molecule has 0 bridgehead atoms. The highest BCUT2D eigenvalue weighted by molar-refractivity contribution is 6.03. The van der Waals surface area contributed by atoms with E-state index in [-0.39, 0.29) is 26.4 Å². The summed E-state index contributed by atoms with van der Waals surface area (Å²) in [5.41, 5.74) is 7.40. The first-order valence-electron chi connectivity index (χ1n) is 10.5. The van der Waals surface area contributed by atoms with Gasteiger partial charge in [0.1, 0.15) is 5.75 Å². The molecule has 1 fully saturated rings. The Morgan fingerprint density at radius 2 is 2.03 bits per heavy atom. The van der Waals surface area contributed by atoms with Crippen LogP contribution < -0.4 is 20.7 Å². The first-order valence-corrected chi connectivity index (χ1v) is 10.5. The number of aliphatic hydroxyl groups excluding tert-OH is 1. The summed E-state index contributed by atoms with van der Waals surface area (Å²) in [7, 11) is 0. The molecule has 4 N–H and O–H groups in total. The van der Waals surface area contributed by atoms with Gasteiger partial charge in [0.15, 0.2) is 18.8 Å². The summed E-state index contributed by atoms with van der Waals surface area (Å²) in [5, 5.41) is 13.1. The molecule has 2 amide bonds. The van der Waals surface area contributed by atoms with E-state index in [1.807, 2.05) is 0 Å². The molecule has 1 heterocycles. The zero-order valence-corrected chi connectivity index (χ0v) is 18.2. The van der Waals surface area contributed by atoms with Gasteiger partial charge in [-0.25, -0.2) is 4.79 Å². The molecule has 33 heavy (non-hydrogen) atoms. The monoisotopic (exact) mass is 457 g/mol. The molecule has 10 heteroatoms. The van der Waals surface area contributed by atoms with Gasteiger partial charge in [0.05, 0.1) is 13.2 Å². The highest BCUT2D eigenvalue weighted by Crippen LogP contribution is 2.25. The number of carbonyl (C=O) groups is 3. The smallest absolute Gasteiger partial charge is 0.344 e. The molecule has 176 valence electrons. The first kappa shape index (κ1) is 24.2. The van der Waals surface area contributed by atoms with Crippen molar-refractivity contribution >= 4 is 29.2 Å². The van der Waals surface area contributed by atoms with Gasteiger partial charge in [-0.05, 0) is 36.8 Å².